The standard InChI is InChI=1S/C17H28N2O5/c1-3-6-12(16(21)22)18-10(2)15(20)19-13-8-5-4-7-11(13)9-14(19)17(23)24/h10-14,18H,3-9H2,1-2H3,(H,21,22)(H,23,24)/t10?,11-,12-,13-,14-/m0/s1. The molecule has 7 heteroatoms. The summed E-state index contributed by atoms with van der Waals surface area (Å²) in [5, 5.41) is 21.6. The highest BCUT2D eigenvalue weighted by Gasteiger charge is 2.48. The van der Waals surface area contributed by atoms with E-state index in [1.165, 1.54) is 4.90 Å². The maximum absolute atomic E-state index is 12.9. The van der Waals surface area contributed by atoms with Crippen LogP contribution in [-0.4, -0.2) is 57.1 Å². The number of nitrogens with one attached hydrogen (secondary N) is 1. The molecule has 1 amide bonds. The number of rotatable bonds is 7. The van der Waals surface area contributed by atoms with Gasteiger partial charge in [0.25, 0.3) is 0 Å². The van der Waals surface area contributed by atoms with Crippen LogP contribution in [0.4, 0.5) is 0 Å². The Labute approximate surface area is 142 Å². The number of carbonyl (C=O) groups excluding carboxylic acids is 1. The lowest BCUT2D eigenvalue weighted by Gasteiger charge is -2.35. The van der Waals surface area contributed by atoms with Crippen molar-refractivity contribution in [1.82, 2.24) is 10.2 Å². The van der Waals surface area contributed by atoms with Gasteiger partial charge >= 0.3 is 11.9 Å². The van der Waals surface area contributed by atoms with Gasteiger partial charge in [-0.2, -0.15) is 0 Å². The fourth-order valence-electron chi connectivity index (χ4n) is 4.16. The first-order chi connectivity index (χ1) is 11.4. The first-order valence-electron chi connectivity index (χ1n) is 8.90. The molecule has 24 heavy (non-hydrogen) atoms. The third-order valence-corrected chi connectivity index (χ3v) is 5.32. The van der Waals surface area contributed by atoms with Gasteiger partial charge in [0.2, 0.25) is 5.91 Å². The van der Waals surface area contributed by atoms with Crippen molar-refractivity contribution in [3.05, 3.63) is 0 Å². The zero-order chi connectivity index (χ0) is 17.9. The molecule has 1 aliphatic carbocycles. The van der Waals surface area contributed by atoms with Crippen LogP contribution < -0.4 is 5.32 Å². The summed E-state index contributed by atoms with van der Waals surface area (Å²) in [7, 11) is 0. The van der Waals surface area contributed by atoms with E-state index in [9.17, 15) is 24.6 Å². The van der Waals surface area contributed by atoms with Gasteiger partial charge in [0, 0.05) is 6.04 Å². The lowest BCUT2D eigenvalue weighted by Crippen LogP contribution is -2.55. The molecule has 2 aliphatic rings. The van der Waals surface area contributed by atoms with Gasteiger partial charge in [-0.25, -0.2) is 4.79 Å². The second kappa shape index (κ2) is 7.96. The van der Waals surface area contributed by atoms with Crippen LogP contribution in [0.3, 0.4) is 0 Å². The normalized spacial score (nSPS) is 28.9. The van der Waals surface area contributed by atoms with Crippen LogP contribution in [0.5, 0.6) is 0 Å². The van der Waals surface area contributed by atoms with E-state index in [4.69, 9.17) is 0 Å². The van der Waals surface area contributed by atoms with Gasteiger partial charge in [-0.3, -0.25) is 14.9 Å². The second-order valence-electron chi connectivity index (χ2n) is 7.01. The Kier molecular flexibility index (Phi) is 6.21. The number of fused-ring (bicyclic) bond motifs is 1. The number of nitrogens with zero attached hydrogens (tertiary/aromatic N) is 1. The summed E-state index contributed by atoms with van der Waals surface area (Å²) in [6.45, 7) is 3.51. The average Bonchev–Trinajstić information content (AvgIpc) is 2.93. The van der Waals surface area contributed by atoms with Crippen LogP contribution >= 0.6 is 0 Å². The minimum absolute atomic E-state index is 0.0222. The molecule has 7 nitrogen and oxygen atoms in total. The Morgan fingerprint density at radius 2 is 1.88 bits per heavy atom. The van der Waals surface area contributed by atoms with Crippen LogP contribution in [0, 0.1) is 5.92 Å². The first-order valence-corrected chi connectivity index (χ1v) is 8.90. The Bertz CT molecular complexity index is 495. The fraction of sp³-hybridized carbons (Fsp3) is 0.824. The Hall–Kier alpha value is -1.63. The smallest absolute Gasteiger partial charge is 0.326 e. The zero-order valence-electron chi connectivity index (χ0n) is 14.4. The van der Waals surface area contributed by atoms with Crippen molar-refractivity contribution in [3.8, 4) is 0 Å². The number of hydrogen-bond donors (Lipinski definition) is 3. The Balaban J connectivity index is 2.12. The molecule has 0 aromatic carbocycles. The summed E-state index contributed by atoms with van der Waals surface area (Å²) in [5.41, 5.74) is 0. The van der Waals surface area contributed by atoms with E-state index < -0.39 is 30.1 Å². The van der Waals surface area contributed by atoms with Crippen molar-refractivity contribution in [2.75, 3.05) is 0 Å². The van der Waals surface area contributed by atoms with E-state index >= 15 is 0 Å². The van der Waals surface area contributed by atoms with Crippen LogP contribution in [0.15, 0.2) is 0 Å². The van der Waals surface area contributed by atoms with Gasteiger partial charge in [0.05, 0.1) is 6.04 Å². The third kappa shape index (κ3) is 3.88. The first kappa shape index (κ1) is 18.7. The Morgan fingerprint density at radius 3 is 2.46 bits per heavy atom. The summed E-state index contributed by atoms with van der Waals surface area (Å²) in [6, 6.07) is -2.31. The summed E-state index contributed by atoms with van der Waals surface area (Å²) in [5.74, 6) is -1.99. The number of amides is 1. The number of carboxylic acids is 2. The zero-order valence-corrected chi connectivity index (χ0v) is 14.4. The number of carboxylic acid groups (broad SMARTS) is 2. The minimum atomic E-state index is -0.983. The van der Waals surface area contributed by atoms with Crippen molar-refractivity contribution >= 4 is 17.8 Å². The maximum Gasteiger partial charge on any atom is 0.326 e. The number of carbonyl (C=O) groups is 3. The summed E-state index contributed by atoms with van der Waals surface area (Å²) < 4.78 is 0. The van der Waals surface area contributed by atoms with Gasteiger partial charge in [-0.1, -0.05) is 26.2 Å². The van der Waals surface area contributed by atoms with Crippen molar-refractivity contribution in [2.45, 2.75) is 83.0 Å². The maximum atomic E-state index is 12.9. The number of aliphatic carboxylic acids is 2. The average molecular weight is 340 g/mol. The van der Waals surface area contributed by atoms with Gasteiger partial charge in [-0.15, -0.1) is 0 Å². The fourth-order valence-corrected chi connectivity index (χ4v) is 4.16. The van der Waals surface area contributed by atoms with Crippen LogP contribution in [-0.2, 0) is 14.4 Å². The third-order valence-electron chi connectivity index (χ3n) is 5.32. The minimum Gasteiger partial charge on any atom is -0.480 e. The molecule has 3 N–H and O–H groups in total. The van der Waals surface area contributed by atoms with E-state index in [1.54, 1.807) is 6.92 Å². The van der Waals surface area contributed by atoms with E-state index in [0.29, 0.717) is 19.3 Å². The summed E-state index contributed by atoms with van der Waals surface area (Å²) in [4.78, 5) is 37.3. The molecule has 1 saturated heterocycles. The summed E-state index contributed by atoms with van der Waals surface area (Å²) in [6.07, 6.45) is 5.53. The quantitative estimate of drug-likeness (QED) is 0.648. The molecule has 0 bridgehead atoms. The topological polar surface area (TPSA) is 107 Å². The van der Waals surface area contributed by atoms with E-state index in [1.807, 2.05) is 6.92 Å². The molecule has 0 spiro atoms. The predicted molar refractivity (Wildman–Crippen MR) is 87.6 cm³/mol. The van der Waals surface area contributed by atoms with Crippen molar-refractivity contribution in [2.24, 2.45) is 5.92 Å². The van der Waals surface area contributed by atoms with Gasteiger partial charge < -0.3 is 15.1 Å². The van der Waals surface area contributed by atoms with Gasteiger partial charge in [0.1, 0.15) is 12.1 Å². The molecule has 1 heterocycles. The van der Waals surface area contributed by atoms with Gasteiger partial charge in [-0.05, 0) is 38.5 Å². The molecule has 1 aliphatic heterocycles. The van der Waals surface area contributed by atoms with Crippen molar-refractivity contribution in [3.63, 3.8) is 0 Å². The molecular formula is C17H28N2O5. The Morgan fingerprint density at radius 1 is 1.21 bits per heavy atom. The van der Waals surface area contributed by atoms with Crippen LogP contribution in [0.2, 0.25) is 0 Å². The molecular weight excluding hydrogens is 312 g/mol. The molecule has 2 fully saturated rings. The van der Waals surface area contributed by atoms with Crippen LogP contribution in [0.1, 0.15) is 58.8 Å². The van der Waals surface area contributed by atoms with Gasteiger partial charge in [0.15, 0.2) is 0 Å². The molecule has 2 rings (SSSR count). The largest absolute Gasteiger partial charge is 0.480 e. The van der Waals surface area contributed by atoms with Crippen molar-refractivity contribution in [1.29, 1.82) is 0 Å². The molecule has 5 atom stereocenters. The number of likely N-dealkylation sites (tertiary alicyclic amines) is 1. The molecule has 0 aromatic rings. The molecule has 0 aromatic heterocycles. The lowest BCUT2D eigenvalue weighted by molar-refractivity contribution is -0.151. The number of hydrogen-bond acceptors (Lipinski definition) is 4. The van der Waals surface area contributed by atoms with E-state index in [2.05, 4.69) is 5.32 Å². The lowest BCUT2D eigenvalue weighted by atomic mass is 9.84. The molecule has 1 saturated carbocycles. The van der Waals surface area contributed by atoms with Crippen LogP contribution in [0.25, 0.3) is 0 Å². The SMILES string of the molecule is CCC[C@H](NC(C)C(=O)N1[C@H](C(=O)O)C[C@@H]2CCCC[C@@H]21)C(=O)O. The van der Waals surface area contributed by atoms with Crippen molar-refractivity contribution < 1.29 is 24.6 Å². The highest BCUT2D eigenvalue weighted by atomic mass is 16.4. The highest BCUT2D eigenvalue weighted by Crippen LogP contribution is 2.40. The van der Waals surface area contributed by atoms with E-state index in [0.717, 1.165) is 25.7 Å². The predicted octanol–water partition coefficient (Wildman–Crippen LogP) is 1.46. The molecule has 0 radical (unpaired) electrons. The monoisotopic (exact) mass is 340 g/mol. The second-order valence-corrected chi connectivity index (χ2v) is 7.01. The molecule has 1 unspecified atom stereocenters. The molecule has 136 valence electrons. The van der Waals surface area contributed by atoms with E-state index in [-0.39, 0.29) is 17.9 Å². The highest BCUT2D eigenvalue weighted by molar-refractivity contribution is 5.88. The summed E-state index contributed by atoms with van der Waals surface area (Å²) >= 11 is 0.